The van der Waals surface area contributed by atoms with Crippen LogP contribution in [-0.2, 0) is 4.74 Å². The second-order valence-corrected chi connectivity index (χ2v) is 4.28. The van der Waals surface area contributed by atoms with Crippen LogP contribution in [0.15, 0.2) is 0 Å². The summed E-state index contributed by atoms with van der Waals surface area (Å²) < 4.78 is 6.84. The van der Waals surface area contributed by atoms with Gasteiger partial charge in [-0.05, 0) is 13.8 Å². The fourth-order valence-electron chi connectivity index (χ4n) is 1.59. The molecule has 1 fully saturated rings. The molecule has 3 heteroatoms. The number of halogens is 1. The van der Waals surface area contributed by atoms with Crippen molar-refractivity contribution < 1.29 is 4.74 Å². The number of hydrogen-bond donors (Lipinski definition) is 0. The van der Waals surface area contributed by atoms with Crippen LogP contribution < -0.4 is 0 Å². The van der Waals surface area contributed by atoms with Gasteiger partial charge in [0.25, 0.3) is 0 Å². The molecular weight excluding hydrogens is 253 g/mol. The highest BCUT2D eigenvalue weighted by Crippen LogP contribution is 2.10. The molecule has 0 bridgehead atoms. The maximum Gasteiger partial charge on any atom is 0.0678 e. The Morgan fingerprint density at radius 2 is 1.91 bits per heavy atom. The lowest BCUT2D eigenvalue weighted by atomic mass is 10.2. The van der Waals surface area contributed by atoms with Crippen LogP contribution in [0, 0.1) is 0 Å². The molecule has 1 rings (SSSR count). The predicted molar refractivity (Wildman–Crippen MR) is 55.3 cm³/mol. The molecule has 1 aliphatic heterocycles. The fraction of sp³-hybridized carbons (Fsp3) is 1.00. The molecule has 0 aliphatic carbocycles. The van der Waals surface area contributed by atoms with Crippen LogP contribution >= 0.6 is 22.6 Å². The number of alkyl halides is 1. The molecule has 1 heterocycles. The highest BCUT2D eigenvalue weighted by molar-refractivity contribution is 14.1. The van der Waals surface area contributed by atoms with Crippen LogP contribution in [0.4, 0.5) is 0 Å². The van der Waals surface area contributed by atoms with Gasteiger partial charge in [0.1, 0.15) is 0 Å². The van der Waals surface area contributed by atoms with E-state index in [1.165, 1.54) is 11.0 Å². The Morgan fingerprint density at radius 1 is 1.36 bits per heavy atom. The lowest BCUT2D eigenvalue weighted by Gasteiger charge is -2.34. The maximum absolute atomic E-state index is 5.62. The Labute approximate surface area is 82.4 Å². The van der Waals surface area contributed by atoms with Crippen LogP contribution in [0.2, 0.25) is 0 Å². The molecule has 11 heavy (non-hydrogen) atoms. The highest BCUT2D eigenvalue weighted by Gasteiger charge is 2.20. The van der Waals surface area contributed by atoms with Gasteiger partial charge < -0.3 is 4.74 Å². The normalized spacial score (nSPS) is 34.1. The molecule has 66 valence electrons. The molecule has 2 atom stereocenters. The summed E-state index contributed by atoms with van der Waals surface area (Å²) in [4.78, 5) is 2.48. The number of hydrogen-bond acceptors (Lipinski definition) is 2. The van der Waals surface area contributed by atoms with Crippen molar-refractivity contribution >= 4 is 22.6 Å². The zero-order valence-corrected chi connectivity index (χ0v) is 9.37. The molecule has 1 saturated heterocycles. The van der Waals surface area contributed by atoms with Crippen molar-refractivity contribution in [3.8, 4) is 0 Å². The molecule has 0 radical (unpaired) electrons. The first-order valence-corrected chi connectivity index (χ1v) is 5.68. The van der Waals surface area contributed by atoms with E-state index in [1.807, 2.05) is 0 Å². The average molecular weight is 269 g/mol. The summed E-state index contributed by atoms with van der Waals surface area (Å²) in [5, 5.41) is 0. The number of morpholine rings is 1. The summed E-state index contributed by atoms with van der Waals surface area (Å²) in [5.41, 5.74) is 0. The first-order valence-electron chi connectivity index (χ1n) is 4.16. The van der Waals surface area contributed by atoms with Gasteiger partial charge in [0.2, 0.25) is 0 Å². The Balaban J connectivity index is 2.30. The number of ether oxygens (including phenoxy) is 1. The van der Waals surface area contributed by atoms with E-state index in [-0.39, 0.29) is 0 Å². The van der Waals surface area contributed by atoms with E-state index >= 15 is 0 Å². The van der Waals surface area contributed by atoms with Gasteiger partial charge in [-0.2, -0.15) is 0 Å². The Kier molecular flexibility index (Phi) is 4.09. The zero-order chi connectivity index (χ0) is 8.27. The van der Waals surface area contributed by atoms with Crippen molar-refractivity contribution in [2.45, 2.75) is 26.1 Å². The summed E-state index contributed by atoms with van der Waals surface area (Å²) in [6, 6.07) is 0. The van der Waals surface area contributed by atoms with E-state index in [2.05, 4.69) is 41.3 Å². The van der Waals surface area contributed by atoms with E-state index in [0.29, 0.717) is 12.2 Å². The van der Waals surface area contributed by atoms with Crippen LogP contribution in [0.1, 0.15) is 13.8 Å². The van der Waals surface area contributed by atoms with Crippen molar-refractivity contribution in [1.29, 1.82) is 0 Å². The van der Waals surface area contributed by atoms with E-state index in [1.54, 1.807) is 0 Å². The molecule has 0 N–H and O–H groups in total. The molecule has 1 aliphatic rings. The van der Waals surface area contributed by atoms with Gasteiger partial charge in [-0.1, -0.05) is 22.6 Å². The van der Waals surface area contributed by atoms with Crippen LogP contribution in [-0.4, -0.2) is 41.2 Å². The van der Waals surface area contributed by atoms with E-state index in [4.69, 9.17) is 4.74 Å². The minimum absolute atomic E-state index is 0.418. The molecule has 0 aromatic carbocycles. The lowest BCUT2D eigenvalue weighted by Crippen LogP contribution is -2.45. The summed E-state index contributed by atoms with van der Waals surface area (Å²) >= 11 is 2.42. The van der Waals surface area contributed by atoms with Gasteiger partial charge in [0.15, 0.2) is 0 Å². The molecule has 2 nitrogen and oxygen atoms in total. The molecule has 0 amide bonds. The van der Waals surface area contributed by atoms with Gasteiger partial charge in [0, 0.05) is 24.1 Å². The van der Waals surface area contributed by atoms with Gasteiger partial charge >= 0.3 is 0 Å². The lowest BCUT2D eigenvalue weighted by molar-refractivity contribution is -0.0659. The molecule has 0 aromatic rings. The van der Waals surface area contributed by atoms with E-state index in [0.717, 1.165) is 13.1 Å². The van der Waals surface area contributed by atoms with Crippen LogP contribution in [0.3, 0.4) is 0 Å². The second kappa shape index (κ2) is 4.62. The summed E-state index contributed by atoms with van der Waals surface area (Å²) in [7, 11) is 0. The van der Waals surface area contributed by atoms with E-state index < -0.39 is 0 Å². The van der Waals surface area contributed by atoms with E-state index in [9.17, 15) is 0 Å². The quantitative estimate of drug-likeness (QED) is 0.557. The van der Waals surface area contributed by atoms with Crippen molar-refractivity contribution in [2.75, 3.05) is 24.1 Å². The Hall–Kier alpha value is 0.650. The topological polar surface area (TPSA) is 12.5 Å². The van der Waals surface area contributed by atoms with Gasteiger partial charge in [-0.25, -0.2) is 0 Å². The molecular formula is C8H16INO. The summed E-state index contributed by atoms with van der Waals surface area (Å²) in [6.45, 7) is 7.71. The number of nitrogens with zero attached hydrogens (tertiary/aromatic N) is 1. The third kappa shape index (κ3) is 3.25. The van der Waals surface area contributed by atoms with Crippen molar-refractivity contribution in [1.82, 2.24) is 4.90 Å². The fourth-order valence-corrected chi connectivity index (χ4v) is 2.27. The summed E-state index contributed by atoms with van der Waals surface area (Å²) in [5.74, 6) is 0. The van der Waals surface area contributed by atoms with Crippen molar-refractivity contribution in [2.24, 2.45) is 0 Å². The van der Waals surface area contributed by atoms with Crippen LogP contribution in [0.5, 0.6) is 0 Å². The van der Waals surface area contributed by atoms with Crippen molar-refractivity contribution in [3.63, 3.8) is 0 Å². The predicted octanol–water partition coefficient (Wildman–Crippen LogP) is 1.53. The van der Waals surface area contributed by atoms with Crippen molar-refractivity contribution in [3.05, 3.63) is 0 Å². The average Bonchev–Trinajstić information content (AvgIpc) is 1.85. The first-order chi connectivity index (χ1) is 5.22. The Morgan fingerprint density at radius 3 is 2.36 bits per heavy atom. The smallest absolute Gasteiger partial charge is 0.0678 e. The molecule has 0 aromatic heterocycles. The van der Waals surface area contributed by atoms with Gasteiger partial charge in [-0.3, -0.25) is 4.90 Å². The number of rotatable bonds is 2. The standard InChI is InChI=1S/C8H16INO/c1-7-5-10(4-3-9)6-8(2)11-7/h7-8H,3-6H2,1-2H3. The SMILES string of the molecule is CC1CN(CCI)CC(C)O1. The highest BCUT2D eigenvalue weighted by atomic mass is 127. The summed E-state index contributed by atoms with van der Waals surface area (Å²) in [6.07, 6.45) is 0.836. The third-order valence-electron chi connectivity index (χ3n) is 1.90. The monoisotopic (exact) mass is 269 g/mol. The largest absolute Gasteiger partial charge is 0.373 e. The minimum atomic E-state index is 0.418. The molecule has 0 spiro atoms. The minimum Gasteiger partial charge on any atom is -0.373 e. The Bertz CT molecular complexity index is 111. The maximum atomic E-state index is 5.62. The second-order valence-electron chi connectivity index (χ2n) is 3.21. The molecule has 2 unspecified atom stereocenters. The third-order valence-corrected chi connectivity index (χ3v) is 2.38. The first kappa shape index (κ1) is 9.74. The van der Waals surface area contributed by atoms with Gasteiger partial charge in [0.05, 0.1) is 12.2 Å². The van der Waals surface area contributed by atoms with Crippen LogP contribution in [0.25, 0.3) is 0 Å². The van der Waals surface area contributed by atoms with Gasteiger partial charge in [-0.15, -0.1) is 0 Å². The molecule has 0 saturated carbocycles. The zero-order valence-electron chi connectivity index (χ0n) is 7.22.